The van der Waals surface area contributed by atoms with E-state index in [-0.39, 0.29) is 5.41 Å². The van der Waals surface area contributed by atoms with E-state index in [1.165, 1.54) is 27.9 Å². The van der Waals surface area contributed by atoms with Gasteiger partial charge in [0.2, 0.25) is 0 Å². The fourth-order valence-corrected chi connectivity index (χ4v) is 3.86. The first kappa shape index (κ1) is 15.8. The van der Waals surface area contributed by atoms with Gasteiger partial charge < -0.3 is 9.64 Å². The fraction of sp³-hybridized carbons (Fsp3) is 0.217. The van der Waals surface area contributed by atoms with Crippen molar-refractivity contribution in [1.29, 1.82) is 0 Å². The first-order valence-corrected chi connectivity index (χ1v) is 8.64. The molecule has 1 aliphatic rings. The molecule has 25 heavy (non-hydrogen) atoms. The van der Waals surface area contributed by atoms with Crippen molar-refractivity contribution in [3.8, 4) is 16.9 Å². The van der Waals surface area contributed by atoms with Crippen LogP contribution in [0.1, 0.15) is 25.0 Å². The lowest BCUT2D eigenvalue weighted by Gasteiger charge is -2.25. The highest BCUT2D eigenvalue weighted by Crippen LogP contribution is 2.49. The summed E-state index contributed by atoms with van der Waals surface area (Å²) in [6.07, 6.45) is 0. The smallest absolute Gasteiger partial charge is 0.119 e. The molecule has 3 aromatic carbocycles. The van der Waals surface area contributed by atoms with Gasteiger partial charge in [0.25, 0.3) is 0 Å². The lowest BCUT2D eigenvalue weighted by Crippen LogP contribution is -2.16. The third-order valence-electron chi connectivity index (χ3n) is 5.41. The minimum absolute atomic E-state index is 0.0304. The van der Waals surface area contributed by atoms with E-state index in [4.69, 9.17) is 4.74 Å². The Morgan fingerprint density at radius 2 is 1.40 bits per heavy atom. The Morgan fingerprint density at radius 3 is 2.12 bits per heavy atom. The highest BCUT2D eigenvalue weighted by molar-refractivity contribution is 5.83. The molecular formula is C23H23NO. The van der Waals surface area contributed by atoms with Gasteiger partial charge in [-0.2, -0.15) is 0 Å². The van der Waals surface area contributed by atoms with E-state index in [1.54, 1.807) is 7.11 Å². The summed E-state index contributed by atoms with van der Waals surface area (Å²) in [7, 11) is 3.80. The number of ether oxygens (including phenoxy) is 1. The number of methoxy groups -OCH3 is 1. The van der Waals surface area contributed by atoms with Crippen molar-refractivity contribution in [3.05, 3.63) is 77.9 Å². The molecule has 0 heterocycles. The molecule has 2 heteroatoms. The first-order valence-electron chi connectivity index (χ1n) is 8.64. The molecule has 0 atom stereocenters. The summed E-state index contributed by atoms with van der Waals surface area (Å²) >= 11 is 0. The van der Waals surface area contributed by atoms with Crippen LogP contribution in [0, 0.1) is 0 Å². The molecule has 3 aromatic rings. The fourth-order valence-electron chi connectivity index (χ4n) is 3.86. The Bertz CT molecular complexity index is 925. The van der Waals surface area contributed by atoms with Crippen molar-refractivity contribution in [2.45, 2.75) is 19.3 Å². The zero-order valence-corrected chi connectivity index (χ0v) is 15.2. The number of fused-ring (bicyclic) bond motifs is 3. The summed E-state index contributed by atoms with van der Waals surface area (Å²) in [5.74, 6) is 0.877. The molecule has 0 spiro atoms. The average Bonchev–Trinajstić information content (AvgIpc) is 2.89. The quantitative estimate of drug-likeness (QED) is 0.605. The lowest BCUT2D eigenvalue weighted by molar-refractivity contribution is 0.415. The predicted octanol–water partition coefficient (Wildman–Crippen LogP) is 5.77. The van der Waals surface area contributed by atoms with Crippen molar-refractivity contribution >= 4 is 11.4 Å². The second-order valence-corrected chi connectivity index (χ2v) is 7.16. The van der Waals surface area contributed by atoms with Gasteiger partial charge in [-0.25, -0.2) is 0 Å². The molecule has 0 saturated heterocycles. The zero-order chi connectivity index (χ0) is 17.6. The molecule has 1 aliphatic carbocycles. The maximum Gasteiger partial charge on any atom is 0.119 e. The van der Waals surface area contributed by atoms with Crippen molar-refractivity contribution in [2.75, 3.05) is 19.1 Å². The highest BCUT2D eigenvalue weighted by atomic mass is 16.5. The number of hydrogen-bond donors (Lipinski definition) is 0. The van der Waals surface area contributed by atoms with Crippen LogP contribution >= 0.6 is 0 Å². The minimum atomic E-state index is 0.0304. The average molecular weight is 329 g/mol. The van der Waals surface area contributed by atoms with E-state index in [9.17, 15) is 0 Å². The second-order valence-electron chi connectivity index (χ2n) is 7.16. The van der Waals surface area contributed by atoms with Gasteiger partial charge in [0.05, 0.1) is 7.11 Å². The predicted molar refractivity (Wildman–Crippen MR) is 105 cm³/mol. The van der Waals surface area contributed by atoms with E-state index >= 15 is 0 Å². The molecule has 0 radical (unpaired) electrons. The van der Waals surface area contributed by atoms with Gasteiger partial charge in [-0.1, -0.05) is 44.2 Å². The van der Waals surface area contributed by atoms with Gasteiger partial charge in [0.1, 0.15) is 5.75 Å². The second kappa shape index (κ2) is 5.66. The number of hydrogen-bond acceptors (Lipinski definition) is 2. The first-order chi connectivity index (χ1) is 12.0. The van der Waals surface area contributed by atoms with E-state index in [0.717, 1.165) is 11.4 Å². The van der Waals surface area contributed by atoms with E-state index in [2.05, 4.69) is 80.4 Å². The minimum Gasteiger partial charge on any atom is -0.497 e. The van der Waals surface area contributed by atoms with Crippen LogP contribution in [0.2, 0.25) is 0 Å². The molecule has 126 valence electrons. The van der Waals surface area contributed by atoms with Gasteiger partial charge in [0, 0.05) is 23.8 Å². The summed E-state index contributed by atoms with van der Waals surface area (Å²) in [6, 6.07) is 23.7. The summed E-state index contributed by atoms with van der Waals surface area (Å²) < 4.78 is 5.26. The van der Waals surface area contributed by atoms with Crippen LogP contribution in [-0.2, 0) is 5.41 Å². The van der Waals surface area contributed by atoms with Gasteiger partial charge in [-0.15, -0.1) is 0 Å². The normalized spacial score (nSPS) is 13.9. The van der Waals surface area contributed by atoms with Crippen LogP contribution in [-0.4, -0.2) is 14.2 Å². The molecule has 4 rings (SSSR count). The van der Waals surface area contributed by atoms with Crippen LogP contribution in [0.5, 0.6) is 5.75 Å². The van der Waals surface area contributed by atoms with Crippen molar-refractivity contribution in [1.82, 2.24) is 0 Å². The number of benzene rings is 3. The van der Waals surface area contributed by atoms with Gasteiger partial charge in [-0.3, -0.25) is 0 Å². The van der Waals surface area contributed by atoms with Gasteiger partial charge in [0.15, 0.2) is 0 Å². The molecule has 0 saturated carbocycles. The van der Waals surface area contributed by atoms with Gasteiger partial charge in [-0.05, 0) is 58.7 Å². The maximum atomic E-state index is 5.26. The Labute approximate surface area is 149 Å². The maximum absolute atomic E-state index is 5.26. The van der Waals surface area contributed by atoms with Crippen LogP contribution in [0.25, 0.3) is 11.1 Å². The molecule has 0 bridgehead atoms. The van der Waals surface area contributed by atoms with E-state index in [1.807, 2.05) is 12.1 Å². The molecular weight excluding hydrogens is 306 g/mol. The number of anilines is 2. The molecule has 0 aromatic heterocycles. The third kappa shape index (κ3) is 2.41. The monoisotopic (exact) mass is 329 g/mol. The Kier molecular flexibility index (Phi) is 3.57. The van der Waals surface area contributed by atoms with Gasteiger partial charge >= 0.3 is 0 Å². The third-order valence-corrected chi connectivity index (χ3v) is 5.41. The number of rotatable bonds is 3. The topological polar surface area (TPSA) is 12.5 Å². The van der Waals surface area contributed by atoms with Crippen LogP contribution in [0.4, 0.5) is 11.4 Å². The highest BCUT2D eigenvalue weighted by Gasteiger charge is 2.35. The van der Waals surface area contributed by atoms with E-state index < -0.39 is 0 Å². The molecule has 0 aliphatic heterocycles. The molecule has 2 nitrogen and oxygen atoms in total. The molecule has 0 N–H and O–H groups in total. The van der Waals surface area contributed by atoms with E-state index in [0.29, 0.717) is 0 Å². The summed E-state index contributed by atoms with van der Waals surface area (Å²) in [6.45, 7) is 4.63. The van der Waals surface area contributed by atoms with Crippen LogP contribution < -0.4 is 9.64 Å². The Balaban J connectivity index is 1.76. The van der Waals surface area contributed by atoms with Crippen molar-refractivity contribution in [3.63, 3.8) is 0 Å². The lowest BCUT2D eigenvalue weighted by atomic mass is 9.82. The Hall–Kier alpha value is -2.74. The molecule has 0 fully saturated rings. The van der Waals surface area contributed by atoms with Crippen LogP contribution in [0.15, 0.2) is 66.7 Å². The Morgan fingerprint density at radius 1 is 0.760 bits per heavy atom. The number of nitrogens with zero attached hydrogens (tertiary/aromatic N) is 1. The van der Waals surface area contributed by atoms with Crippen molar-refractivity contribution < 1.29 is 4.74 Å². The SMILES string of the molecule is COc1ccc(N(C)c2ccc3c(c2)C(C)(C)c2ccccc2-3)cc1. The summed E-state index contributed by atoms with van der Waals surface area (Å²) in [5, 5.41) is 0. The largest absolute Gasteiger partial charge is 0.497 e. The standard InChI is InChI=1S/C23H23NO/c1-23(2)21-8-6-5-7-19(21)20-14-11-17(15-22(20)23)24(3)16-9-12-18(25-4)13-10-16/h5-15H,1-4H3. The molecule has 0 unspecified atom stereocenters. The van der Waals surface area contributed by atoms with Crippen molar-refractivity contribution in [2.24, 2.45) is 0 Å². The van der Waals surface area contributed by atoms with Crippen LogP contribution in [0.3, 0.4) is 0 Å². The zero-order valence-electron chi connectivity index (χ0n) is 15.2. The molecule has 0 amide bonds. The summed E-state index contributed by atoms with van der Waals surface area (Å²) in [5.41, 5.74) is 7.90. The summed E-state index contributed by atoms with van der Waals surface area (Å²) in [4.78, 5) is 2.22.